The molecule has 4 rings (SSSR count). The van der Waals surface area contributed by atoms with Gasteiger partial charge in [0.1, 0.15) is 6.10 Å². The van der Waals surface area contributed by atoms with Gasteiger partial charge in [0.05, 0.1) is 11.9 Å². The van der Waals surface area contributed by atoms with E-state index in [0.29, 0.717) is 12.0 Å². The Bertz CT molecular complexity index is 706. The van der Waals surface area contributed by atoms with E-state index in [9.17, 15) is 0 Å². The lowest BCUT2D eigenvalue weighted by Gasteiger charge is -2.34. The topological polar surface area (TPSA) is 56.9 Å². The molecule has 0 aromatic carbocycles. The first kappa shape index (κ1) is 16.8. The number of rotatable bonds is 5. The SMILES string of the molecule is CCn1nccc1[C@@H]1OCCC[C@H]1CNC1CCCc2c1cnn2C. The molecule has 1 saturated heterocycles. The highest BCUT2D eigenvalue weighted by Gasteiger charge is 2.31. The highest BCUT2D eigenvalue weighted by Crippen LogP contribution is 2.35. The molecule has 2 aromatic heterocycles. The third kappa shape index (κ3) is 3.25. The summed E-state index contributed by atoms with van der Waals surface area (Å²) in [6.45, 7) is 4.87. The molecule has 2 aliphatic rings. The second-order valence-corrected chi connectivity index (χ2v) is 7.29. The van der Waals surface area contributed by atoms with Crippen LogP contribution < -0.4 is 5.32 Å². The summed E-state index contributed by atoms with van der Waals surface area (Å²) in [5.41, 5.74) is 4.00. The van der Waals surface area contributed by atoms with Gasteiger partial charge in [0.25, 0.3) is 0 Å². The van der Waals surface area contributed by atoms with E-state index < -0.39 is 0 Å². The molecule has 3 heterocycles. The summed E-state index contributed by atoms with van der Waals surface area (Å²) in [7, 11) is 2.05. The molecule has 1 aliphatic carbocycles. The molecule has 0 amide bonds. The molecule has 0 saturated carbocycles. The molecular formula is C19H29N5O. The maximum atomic E-state index is 6.17. The zero-order valence-corrected chi connectivity index (χ0v) is 15.3. The fraction of sp³-hybridized carbons (Fsp3) is 0.684. The van der Waals surface area contributed by atoms with Crippen molar-refractivity contribution >= 4 is 0 Å². The summed E-state index contributed by atoms with van der Waals surface area (Å²) in [4.78, 5) is 0. The van der Waals surface area contributed by atoms with Gasteiger partial charge in [-0.25, -0.2) is 0 Å². The number of fused-ring (bicyclic) bond motifs is 1. The minimum Gasteiger partial charge on any atom is -0.372 e. The van der Waals surface area contributed by atoms with Gasteiger partial charge in [0.2, 0.25) is 0 Å². The van der Waals surface area contributed by atoms with Crippen LogP contribution in [0, 0.1) is 5.92 Å². The number of nitrogens with zero attached hydrogens (tertiary/aromatic N) is 4. The van der Waals surface area contributed by atoms with Crippen LogP contribution in [0.2, 0.25) is 0 Å². The van der Waals surface area contributed by atoms with E-state index >= 15 is 0 Å². The number of aromatic nitrogens is 4. The molecule has 136 valence electrons. The zero-order valence-electron chi connectivity index (χ0n) is 15.3. The lowest BCUT2D eigenvalue weighted by atomic mass is 9.89. The minimum absolute atomic E-state index is 0.153. The fourth-order valence-corrected chi connectivity index (χ4v) is 4.44. The molecule has 6 heteroatoms. The van der Waals surface area contributed by atoms with E-state index in [1.54, 1.807) is 0 Å². The van der Waals surface area contributed by atoms with E-state index in [1.807, 2.05) is 17.1 Å². The summed E-state index contributed by atoms with van der Waals surface area (Å²) in [6, 6.07) is 2.54. The summed E-state index contributed by atoms with van der Waals surface area (Å²) in [5.74, 6) is 0.498. The van der Waals surface area contributed by atoms with E-state index in [2.05, 4.69) is 40.2 Å². The van der Waals surface area contributed by atoms with Gasteiger partial charge in [-0.1, -0.05) is 0 Å². The molecular weight excluding hydrogens is 314 g/mol. The number of ether oxygens (including phenoxy) is 1. The van der Waals surface area contributed by atoms with Crippen LogP contribution in [0.25, 0.3) is 0 Å². The van der Waals surface area contributed by atoms with Crippen molar-refractivity contribution in [1.29, 1.82) is 0 Å². The van der Waals surface area contributed by atoms with Crippen molar-refractivity contribution in [3.05, 3.63) is 35.4 Å². The monoisotopic (exact) mass is 343 g/mol. The average Bonchev–Trinajstić information content (AvgIpc) is 3.27. The molecule has 1 N–H and O–H groups in total. The fourth-order valence-electron chi connectivity index (χ4n) is 4.44. The number of aryl methyl sites for hydroxylation is 2. The van der Waals surface area contributed by atoms with E-state index in [1.165, 1.54) is 36.2 Å². The molecule has 1 unspecified atom stereocenters. The van der Waals surface area contributed by atoms with Gasteiger partial charge >= 0.3 is 0 Å². The Morgan fingerprint density at radius 2 is 2.20 bits per heavy atom. The summed E-state index contributed by atoms with van der Waals surface area (Å²) >= 11 is 0. The molecule has 25 heavy (non-hydrogen) atoms. The Morgan fingerprint density at radius 3 is 3.08 bits per heavy atom. The lowest BCUT2D eigenvalue weighted by Crippen LogP contribution is -2.35. The molecule has 1 fully saturated rings. The van der Waals surface area contributed by atoms with Crippen LogP contribution in [-0.2, 0) is 24.8 Å². The Kier molecular flexibility index (Phi) is 4.90. The van der Waals surface area contributed by atoms with Gasteiger partial charge in [-0.05, 0) is 45.1 Å². The van der Waals surface area contributed by atoms with Crippen molar-refractivity contribution in [3.63, 3.8) is 0 Å². The highest BCUT2D eigenvalue weighted by atomic mass is 16.5. The largest absolute Gasteiger partial charge is 0.372 e. The smallest absolute Gasteiger partial charge is 0.103 e. The number of hydrogen-bond donors (Lipinski definition) is 1. The van der Waals surface area contributed by atoms with Gasteiger partial charge in [0.15, 0.2) is 0 Å². The molecule has 1 aliphatic heterocycles. The van der Waals surface area contributed by atoms with Crippen LogP contribution in [0.5, 0.6) is 0 Å². The third-order valence-corrected chi connectivity index (χ3v) is 5.79. The van der Waals surface area contributed by atoms with Gasteiger partial charge < -0.3 is 10.1 Å². The lowest BCUT2D eigenvalue weighted by molar-refractivity contribution is -0.0335. The Labute approximate surface area is 149 Å². The maximum Gasteiger partial charge on any atom is 0.103 e. The molecule has 0 bridgehead atoms. The first-order valence-corrected chi connectivity index (χ1v) is 9.65. The van der Waals surface area contributed by atoms with Gasteiger partial charge in [-0.15, -0.1) is 0 Å². The van der Waals surface area contributed by atoms with Gasteiger partial charge in [-0.3, -0.25) is 9.36 Å². The van der Waals surface area contributed by atoms with E-state index in [4.69, 9.17) is 4.74 Å². The van der Waals surface area contributed by atoms with Crippen molar-refractivity contribution in [3.8, 4) is 0 Å². The molecule has 3 atom stereocenters. The van der Waals surface area contributed by atoms with Crippen LogP contribution >= 0.6 is 0 Å². The van der Waals surface area contributed by atoms with Crippen LogP contribution in [0.1, 0.15) is 61.7 Å². The Balaban J connectivity index is 1.46. The van der Waals surface area contributed by atoms with Gasteiger partial charge in [-0.2, -0.15) is 10.2 Å². The van der Waals surface area contributed by atoms with Crippen LogP contribution in [0.15, 0.2) is 18.5 Å². The molecule has 6 nitrogen and oxygen atoms in total. The first-order valence-electron chi connectivity index (χ1n) is 9.65. The molecule has 0 radical (unpaired) electrons. The van der Waals surface area contributed by atoms with Crippen LogP contribution in [0.3, 0.4) is 0 Å². The van der Waals surface area contributed by atoms with Crippen LogP contribution in [0.4, 0.5) is 0 Å². The number of nitrogens with one attached hydrogen (secondary N) is 1. The normalized spacial score (nSPS) is 26.6. The van der Waals surface area contributed by atoms with Crippen molar-refractivity contribution in [2.45, 2.75) is 57.7 Å². The zero-order chi connectivity index (χ0) is 17.2. The molecule has 0 spiro atoms. The predicted octanol–water partition coefficient (Wildman–Crippen LogP) is 2.77. The highest BCUT2D eigenvalue weighted by molar-refractivity contribution is 5.24. The standard InChI is InChI=1S/C19H29N5O/c1-3-24-18(9-10-21-24)19-14(6-5-11-25-19)12-20-16-7-4-8-17-15(16)13-22-23(17)2/h9-10,13-14,16,19-20H,3-8,11-12H2,1-2H3/t14-,16?,19+/m0/s1. The summed E-state index contributed by atoms with van der Waals surface area (Å²) in [6.07, 6.45) is 10.0. The second kappa shape index (κ2) is 7.30. The van der Waals surface area contributed by atoms with Crippen LogP contribution in [-0.4, -0.2) is 32.7 Å². The van der Waals surface area contributed by atoms with Crippen molar-refractivity contribution in [2.75, 3.05) is 13.2 Å². The average molecular weight is 343 g/mol. The van der Waals surface area contributed by atoms with E-state index in [-0.39, 0.29) is 6.10 Å². The predicted molar refractivity (Wildman–Crippen MR) is 96.2 cm³/mol. The second-order valence-electron chi connectivity index (χ2n) is 7.29. The summed E-state index contributed by atoms with van der Waals surface area (Å²) < 4.78 is 10.3. The molecule has 2 aromatic rings. The van der Waals surface area contributed by atoms with Crippen molar-refractivity contribution < 1.29 is 4.74 Å². The maximum absolute atomic E-state index is 6.17. The van der Waals surface area contributed by atoms with Gasteiger partial charge in [0, 0.05) is 56.2 Å². The number of hydrogen-bond acceptors (Lipinski definition) is 4. The quantitative estimate of drug-likeness (QED) is 0.907. The Morgan fingerprint density at radius 1 is 1.28 bits per heavy atom. The third-order valence-electron chi connectivity index (χ3n) is 5.79. The van der Waals surface area contributed by atoms with E-state index in [0.717, 1.165) is 32.5 Å². The first-order chi connectivity index (χ1) is 12.3. The Hall–Kier alpha value is -1.66. The van der Waals surface area contributed by atoms with Crippen molar-refractivity contribution in [1.82, 2.24) is 24.9 Å². The van der Waals surface area contributed by atoms with Crippen molar-refractivity contribution in [2.24, 2.45) is 13.0 Å². The minimum atomic E-state index is 0.153. The summed E-state index contributed by atoms with van der Waals surface area (Å²) in [5, 5.41) is 12.7.